The molecular formula is C27H38N4O6S. The number of carbonyl (C=O) groups excluding carboxylic acids is 1. The Kier molecular flexibility index (Phi) is 8.79. The van der Waals surface area contributed by atoms with Crippen LogP contribution in [0, 0.1) is 0 Å². The molecule has 10 nitrogen and oxygen atoms in total. The van der Waals surface area contributed by atoms with Gasteiger partial charge in [-0.3, -0.25) is 4.90 Å². The number of hydrogen-bond donors (Lipinski definition) is 1. The second-order valence-electron chi connectivity index (χ2n) is 10.8. The van der Waals surface area contributed by atoms with Gasteiger partial charge in [-0.25, -0.2) is 9.78 Å². The lowest BCUT2D eigenvalue weighted by Gasteiger charge is -2.40. The smallest absolute Gasteiger partial charge is 0.410 e. The summed E-state index contributed by atoms with van der Waals surface area (Å²) in [5, 5.41) is 10.8. The summed E-state index contributed by atoms with van der Waals surface area (Å²) in [6, 6.07) is 4.55. The lowest BCUT2D eigenvalue weighted by molar-refractivity contribution is 0.0120. The molecule has 3 aromatic rings. The molecule has 2 unspecified atom stereocenters. The zero-order chi connectivity index (χ0) is 27.4. The highest BCUT2D eigenvalue weighted by Crippen LogP contribution is 2.39. The fourth-order valence-electron chi connectivity index (χ4n) is 4.64. The average molecular weight is 547 g/mol. The molecule has 0 aliphatic carbocycles. The number of aromatic nitrogens is 2. The van der Waals surface area contributed by atoms with Gasteiger partial charge in [-0.2, -0.15) is 4.98 Å². The molecule has 1 N–H and O–H groups in total. The topological polar surface area (TPSA) is 110 Å². The largest absolute Gasteiger partial charge is 0.491 e. The van der Waals surface area contributed by atoms with E-state index in [2.05, 4.69) is 9.88 Å². The Morgan fingerprint density at radius 2 is 1.89 bits per heavy atom. The average Bonchev–Trinajstić information content (AvgIpc) is 3.55. The summed E-state index contributed by atoms with van der Waals surface area (Å²) in [5.74, 6) is 0.699. The second-order valence-corrected chi connectivity index (χ2v) is 11.7. The summed E-state index contributed by atoms with van der Waals surface area (Å²) >= 11 is 1.54. The van der Waals surface area contributed by atoms with Gasteiger partial charge in [0.05, 0.1) is 24.3 Å². The monoisotopic (exact) mass is 546 g/mol. The second kappa shape index (κ2) is 11.9. The quantitative estimate of drug-likeness (QED) is 0.429. The molecule has 2 aromatic heterocycles. The number of piperazine rings is 1. The van der Waals surface area contributed by atoms with Crippen molar-refractivity contribution in [1.82, 2.24) is 14.9 Å². The van der Waals surface area contributed by atoms with E-state index in [-0.39, 0.29) is 24.3 Å². The van der Waals surface area contributed by atoms with E-state index >= 15 is 0 Å². The molecular weight excluding hydrogens is 508 g/mol. The van der Waals surface area contributed by atoms with Crippen molar-refractivity contribution in [2.75, 3.05) is 38.3 Å². The third kappa shape index (κ3) is 6.75. The van der Waals surface area contributed by atoms with Crippen molar-refractivity contribution in [3.63, 3.8) is 0 Å². The highest BCUT2D eigenvalue weighted by atomic mass is 32.1. The lowest BCUT2D eigenvalue weighted by atomic mass is 10.2. The number of amides is 1. The SMILES string of the molecule is CC(C)O.COCCOc1cc(-c2nccs2)c2oc(N3CC4CCC(C3)N4C(=O)OC(C)(C)C)nc2c1. The lowest BCUT2D eigenvalue weighted by Crippen LogP contribution is -2.56. The minimum absolute atomic E-state index is 0.0787. The van der Waals surface area contributed by atoms with Gasteiger partial charge in [0, 0.05) is 43.9 Å². The van der Waals surface area contributed by atoms with E-state index < -0.39 is 5.60 Å². The number of rotatable bonds is 6. The number of anilines is 1. The summed E-state index contributed by atoms with van der Waals surface area (Å²) in [4.78, 5) is 26.1. The molecule has 1 amide bonds. The number of benzene rings is 1. The van der Waals surface area contributed by atoms with Gasteiger partial charge in [0.2, 0.25) is 0 Å². The first-order valence-corrected chi connectivity index (χ1v) is 13.8. The van der Waals surface area contributed by atoms with Gasteiger partial charge >= 0.3 is 6.09 Å². The number of hydrogen-bond acceptors (Lipinski definition) is 10. The molecule has 1 aromatic carbocycles. The molecule has 0 radical (unpaired) electrons. The number of aliphatic hydroxyl groups excluding tert-OH is 1. The third-order valence-corrected chi connectivity index (χ3v) is 6.83. The maximum absolute atomic E-state index is 12.8. The van der Waals surface area contributed by atoms with E-state index in [1.54, 1.807) is 38.5 Å². The minimum Gasteiger partial charge on any atom is -0.491 e. The normalized spacial score (nSPS) is 19.1. The molecule has 0 spiro atoms. The van der Waals surface area contributed by atoms with Crippen molar-refractivity contribution in [2.24, 2.45) is 0 Å². The van der Waals surface area contributed by atoms with Crippen molar-refractivity contribution in [1.29, 1.82) is 0 Å². The van der Waals surface area contributed by atoms with Crippen molar-refractivity contribution in [3.8, 4) is 16.3 Å². The van der Waals surface area contributed by atoms with Crippen LogP contribution in [0.2, 0.25) is 0 Å². The Morgan fingerprint density at radius 1 is 1.21 bits per heavy atom. The minimum atomic E-state index is -0.511. The number of fused-ring (bicyclic) bond motifs is 3. The fraction of sp³-hybridized carbons (Fsp3) is 0.593. The first-order valence-electron chi connectivity index (χ1n) is 13.0. The van der Waals surface area contributed by atoms with E-state index in [0.29, 0.717) is 43.7 Å². The highest BCUT2D eigenvalue weighted by Gasteiger charge is 2.45. The van der Waals surface area contributed by atoms with Crippen molar-refractivity contribution < 1.29 is 28.5 Å². The molecule has 2 atom stereocenters. The maximum atomic E-state index is 12.8. The molecule has 208 valence electrons. The Morgan fingerprint density at radius 3 is 2.47 bits per heavy atom. The maximum Gasteiger partial charge on any atom is 0.410 e. The van der Waals surface area contributed by atoms with Gasteiger partial charge in [0.25, 0.3) is 6.01 Å². The summed E-state index contributed by atoms with van der Waals surface area (Å²) in [5.41, 5.74) is 1.75. The number of carbonyl (C=O) groups is 1. The molecule has 0 saturated carbocycles. The van der Waals surface area contributed by atoms with E-state index in [9.17, 15) is 4.79 Å². The fourth-order valence-corrected chi connectivity index (χ4v) is 5.29. The van der Waals surface area contributed by atoms with Crippen LogP contribution in [0.15, 0.2) is 28.1 Å². The molecule has 38 heavy (non-hydrogen) atoms. The van der Waals surface area contributed by atoms with Crippen LogP contribution in [-0.4, -0.2) is 83.3 Å². The Labute approximate surface area is 227 Å². The summed E-state index contributed by atoms with van der Waals surface area (Å²) in [6.07, 6.45) is 3.27. The molecule has 2 aliphatic heterocycles. The van der Waals surface area contributed by atoms with Crippen LogP contribution in [0.3, 0.4) is 0 Å². The highest BCUT2D eigenvalue weighted by molar-refractivity contribution is 7.13. The van der Waals surface area contributed by atoms with Crippen LogP contribution in [0.5, 0.6) is 5.75 Å². The van der Waals surface area contributed by atoms with Crippen LogP contribution in [0.25, 0.3) is 21.7 Å². The summed E-state index contributed by atoms with van der Waals surface area (Å²) in [7, 11) is 1.65. The van der Waals surface area contributed by atoms with Crippen molar-refractivity contribution in [3.05, 3.63) is 23.7 Å². The number of nitrogens with zero attached hydrogens (tertiary/aromatic N) is 4. The van der Waals surface area contributed by atoms with Crippen molar-refractivity contribution in [2.45, 2.75) is 71.2 Å². The van der Waals surface area contributed by atoms with E-state index in [1.807, 2.05) is 43.2 Å². The number of methoxy groups -OCH3 is 1. The number of thiazole rings is 1. The van der Waals surface area contributed by atoms with Crippen LogP contribution in [-0.2, 0) is 9.47 Å². The summed E-state index contributed by atoms with van der Waals surface area (Å²) in [6.45, 7) is 11.4. The Hall–Kier alpha value is -2.89. The molecule has 2 aliphatic rings. The zero-order valence-corrected chi connectivity index (χ0v) is 23.8. The van der Waals surface area contributed by atoms with Crippen LogP contribution >= 0.6 is 11.3 Å². The molecule has 5 rings (SSSR count). The van der Waals surface area contributed by atoms with E-state index in [0.717, 1.165) is 28.9 Å². The Bertz CT molecular complexity index is 1190. The van der Waals surface area contributed by atoms with Gasteiger partial charge in [-0.15, -0.1) is 11.3 Å². The molecule has 2 saturated heterocycles. The third-order valence-electron chi connectivity index (χ3n) is 6.03. The predicted octanol–water partition coefficient (Wildman–Crippen LogP) is 4.95. The Balaban J connectivity index is 0.000000786. The van der Waals surface area contributed by atoms with Crippen LogP contribution in [0.4, 0.5) is 10.8 Å². The molecule has 11 heteroatoms. The van der Waals surface area contributed by atoms with Gasteiger partial charge < -0.3 is 28.6 Å². The number of ether oxygens (including phenoxy) is 3. The number of oxazole rings is 1. The standard InChI is InChI=1S/C24H30N4O5S.C3H8O/c1-24(2,3)33-23(29)28-15-5-6-16(28)14-27(13-15)22-26-19-12-17(31-9-8-30-4)11-18(20(19)32-22)21-25-7-10-34-21;1-3(2)4/h7,10-12,15-16H,5-6,8-9,13-14H2,1-4H3;3-4H,1-2H3. The number of aliphatic hydroxyl groups is 1. The molecule has 2 fully saturated rings. The van der Waals surface area contributed by atoms with Gasteiger partial charge in [-0.05, 0) is 53.5 Å². The van der Waals surface area contributed by atoms with Crippen LogP contribution in [0.1, 0.15) is 47.5 Å². The predicted molar refractivity (Wildman–Crippen MR) is 147 cm³/mol. The van der Waals surface area contributed by atoms with Gasteiger partial charge in [0.15, 0.2) is 5.58 Å². The van der Waals surface area contributed by atoms with Crippen molar-refractivity contribution >= 4 is 34.5 Å². The van der Waals surface area contributed by atoms with E-state index in [1.165, 1.54) is 0 Å². The van der Waals surface area contributed by atoms with Gasteiger partial charge in [-0.1, -0.05) is 0 Å². The van der Waals surface area contributed by atoms with Crippen LogP contribution < -0.4 is 9.64 Å². The van der Waals surface area contributed by atoms with E-state index in [4.69, 9.17) is 28.7 Å². The van der Waals surface area contributed by atoms with Gasteiger partial charge in [0.1, 0.15) is 28.5 Å². The molecule has 2 bridgehead atoms. The zero-order valence-electron chi connectivity index (χ0n) is 23.0. The first kappa shape index (κ1) is 28.1. The molecule has 4 heterocycles. The first-order chi connectivity index (χ1) is 18.1. The summed E-state index contributed by atoms with van der Waals surface area (Å²) < 4.78 is 22.9.